The molecule has 0 aliphatic heterocycles. The summed E-state index contributed by atoms with van der Waals surface area (Å²) in [5.41, 5.74) is 2.49. The number of anilines is 1. The number of esters is 1. The minimum absolute atomic E-state index is 0.136. The Bertz CT molecular complexity index is 670. The molecule has 130 valence electrons. The van der Waals surface area contributed by atoms with Gasteiger partial charge in [-0.25, -0.2) is 0 Å². The van der Waals surface area contributed by atoms with Crippen LogP contribution in [0.3, 0.4) is 0 Å². The predicted molar refractivity (Wildman–Crippen MR) is 94.1 cm³/mol. The van der Waals surface area contributed by atoms with Crippen molar-refractivity contribution in [2.24, 2.45) is 0 Å². The van der Waals surface area contributed by atoms with Crippen LogP contribution in [-0.4, -0.2) is 35.1 Å². The minimum Gasteiger partial charge on any atom is -0.468 e. The molecule has 1 aliphatic rings. The lowest BCUT2D eigenvalue weighted by Crippen LogP contribution is -2.20. The third-order valence-electron chi connectivity index (χ3n) is 4.50. The number of nitrogens with one attached hydrogen (secondary N) is 1. The molecule has 6 nitrogen and oxygen atoms in total. The maximum absolute atomic E-state index is 12.2. The van der Waals surface area contributed by atoms with E-state index in [9.17, 15) is 14.9 Å². The first kappa shape index (κ1) is 18.4. The van der Waals surface area contributed by atoms with E-state index in [1.807, 2.05) is 13.8 Å². The van der Waals surface area contributed by atoms with Crippen molar-refractivity contribution in [3.8, 4) is 6.07 Å². The van der Waals surface area contributed by atoms with E-state index in [0.717, 1.165) is 24.1 Å². The fourth-order valence-electron chi connectivity index (χ4n) is 3.16. The van der Waals surface area contributed by atoms with Gasteiger partial charge in [-0.1, -0.05) is 12.8 Å². The Kier molecular flexibility index (Phi) is 6.32. The van der Waals surface area contributed by atoms with Crippen LogP contribution in [0, 0.1) is 25.2 Å². The molecule has 0 spiro atoms. The second-order valence-electron chi connectivity index (χ2n) is 5.97. The van der Waals surface area contributed by atoms with Gasteiger partial charge in [-0.2, -0.15) is 5.26 Å². The molecule has 24 heavy (non-hydrogen) atoms. The molecule has 2 rings (SSSR count). The third-order valence-corrected chi connectivity index (χ3v) is 5.40. The lowest BCUT2D eigenvalue weighted by Gasteiger charge is -2.19. The van der Waals surface area contributed by atoms with Crippen molar-refractivity contribution in [3.05, 3.63) is 16.8 Å². The summed E-state index contributed by atoms with van der Waals surface area (Å²) < 4.78 is 6.67. The molecule has 1 N–H and O–H groups in total. The van der Waals surface area contributed by atoms with E-state index >= 15 is 0 Å². The number of methoxy groups -OCH3 is 1. The van der Waals surface area contributed by atoms with Crippen molar-refractivity contribution in [2.45, 2.75) is 45.6 Å². The van der Waals surface area contributed by atoms with Crippen molar-refractivity contribution in [3.63, 3.8) is 0 Å². The SMILES string of the molecule is COC(=O)CSCC(=O)Nc1c(C#N)c(C)c(C)n1C1CCCC1. The van der Waals surface area contributed by atoms with Gasteiger partial charge >= 0.3 is 5.97 Å². The van der Waals surface area contributed by atoms with Crippen LogP contribution in [0.5, 0.6) is 0 Å². The van der Waals surface area contributed by atoms with E-state index < -0.39 is 0 Å². The number of nitriles is 1. The second kappa shape index (κ2) is 8.25. The molecule has 1 aromatic rings. The topological polar surface area (TPSA) is 84.1 Å². The molecule has 0 saturated heterocycles. The molecule has 0 aromatic carbocycles. The Morgan fingerprint density at radius 2 is 2.00 bits per heavy atom. The van der Waals surface area contributed by atoms with Crippen LogP contribution in [0.4, 0.5) is 5.82 Å². The minimum atomic E-state index is -0.355. The summed E-state index contributed by atoms with van der Waals surface area (Å²) in [5, 5.41) is 12.4. The lowest BCUT2D eigenvalue weighted by atomic mass is 10.2. The normalized spacial score (nSPS) is 14.4. The molecule has 0 atom stereocenters. The molecule has 1 aromatic heterocycles. The van der Waals surface area contributed by atoms with Gasteiger partial charge in [-0.05, 0) is 32.3 Å². The van der Waals surface area contributed by atoms with Gasteiger partial charge in [0.25, 0.3) is 0 Å². The number of amides is 1. The van der Waals surface area contributed by atoms with Gasteiger partial charge in [0.05, 0.1) is 24.2 Å². The number of carbonyl (C=O) groups is 2. The average molecular weight is 349 g/mol. The van der Waals surface area contributed by atoms with E-state index in [0.29, 0.717) is 17.4 Å². The van der Waals surface area contributed by atoms with Crippen molar-refractivity contribution in [2.75, 3.05) is 23.9 Å². The van der Waals surface area contributed by atoms with Crippen molar-refractivity contribution in [1.82, 2.24) is 4.57 Å². The Hall–Kier alpha value is -1.94. The van der Waals surface area contributed by atoms with Crippen LogP contribution in [0.15, 0.2) is 0 Å². The quantitative estimate of drug-likeness (QED) is 0.798. The molecule has 0 unspecified atom stereocenters. The molecule has 0 bridgehead atoms. The Morgan fingerprint density at radius 1 is 1.33 bits per heavy atom. The highest BCUT2D eigenvalue weighted by atomic mass is 32.2. The van der Waals surface area contributed by atoms with Crippen LogP contribution >= 0.6 is 11.8 Å². The number of rotatable bonds is 6. The van der Waals surface area contributed by atoms with Gasteiger partial charge in [-0.3, -0.25) is 9.59 Å². The first-order valence-corrected chi connectivity index (χ1v) is 9.21. The van der Waals surface area contributed by atoms with Crippen LogP contribution in [-0.2, 0) is 14.3 Å². The summed E-state index contributed by atoms with van der Waals surface area (Å²) in [5.74, 6) is 0.316. The van der Waals surface area contributed by atoms with Gasteiger partial charge in [0.1, 0.15) is 11.9 Å². The van der Waals surface area contributed by atoms with Gasteiger partial charge in [0.2, 0.25) is 5.91 Å². The van der Waals surface area contributed by atoms with E-state index in [1.165, 1.54) is 31.7 Å². The molecular formula is C17H23N3O3S. The van der Waals surface area contributed by atoms with Crippen molar-refractivity contribution >= 4 is 29.5 Å². The van der Waals surface area contributed by atoms with E-state index in [2.05, 4.69) is 20.7 Å². The zero-order valence-corrected chi connectivity index (χ0v) is 15.2. The van der Waals surface area contributed by atoms with E-state index in [-0.39, 0.29) is 23.4 Å². The summed E-state index contributed by atoms with van der Waals surface area (Å²) in [6.07, 6.45) is 4.48. The molecule has 1 fully saturated rings. The largest absolute Gasteiger partial charge is 0.468 e. The smallest absolute Gasteiger partial charge is 0.315 e. The van der Waals surface area contributed by atoms with Crippen LogP contribution in [0.2, 0.25) is 0 Å². The lowest BCUT2D eigenvalue weighted by molar-refractivity contribution is -0.137. The Balaban J connectivity index is 2.16. The van der Waals surface area contributed by atoms with Gasteiger partial charge in [0, 0.05) is 11.7 Å². The van der Waals surface area contributed by atoms with Crippen molar-refractivity contribution < 1.29 is 14.3 Å². The highest BCUT2D eigenvalue weighted by molar-refractivity contribution is 8.00. The van der Waals surface area contributed by atoms with Crippen LogP contribution in [0.1, 0.15) is 48.5 Å². The zero-order valence-electron chi connectivity index (χ0n) is 14.3. The molecule has 1 aliphatic carbocycles. The van der Waals surface area contributed by atoms with Gasteiger partial charge < -0.3 is 14.6 Å². The molecule has 7 heteroatoms. The predicted octanol–water partition coefficient (Wildman–Crippen LogP) is 2.94. The molecule has 1 heterocycles. The highest BCUT2D eigenvalue weighted by Crippen LogP contribution is 2.37. The Morgan fingerprint density at radius 3 is 2.58 bits per heavy atom. The standard InChI is InChI=1S/C17H23N3O3S/c1-11-12(2)20(13-6-4-5-7-13)17(14(11)8-18)19-15(21)9-24-10-16(22)23-3/h13H,4-7,9-10H2,1-3H3,(H,19,21). The highest BCUT2D eigenvalue weighted by Gasteiger charge is 2.26. The molecule has 1 saturated carbocycles. The Labute approximate surface area is 146 Å². The van der Waals surface area contributed by atoms with E-state index in [1.54, 1.807) is 0 Å². The van der Waals surface area contributed by atoms with E-state index in [4.69, 9.17) is 0 Å². The third kappa shape index (κ3) is 3.93. The summed E-state index contributed by atoms with van der Waals surface area (Å²) >= 11 is 1.20. The maximum atomic E-state index is 12.2. The fraction of sp³-hybridized carbons (Fsp3) is 0.588. The summed E-state index contributed by atoms with van der Waals surface area (Å²) in [4.78, 5) is 23.3. The number of hydrogen-bond donors (Lipinski definition) is 1. The molecular weight excluding hydrogens is 326 g/mol. The van der Waals surface area contributed by atoms with Crippen LogP contribution in [0.25, 0.3) is 0 Å². The zero-order chi connectivity index (χ0) is 17.7. The second-order valence-corrected chi connectivity index (χ2v) is 6.96. The number of ether oxygens (including phenoxy) is 1. The molecule has 1 amide bonds. The fourth-order valence-corrected chi connectivity index (χ4v) is 3.80. The summed E-state index contributed by atoms with van der Waals surface area (Å²) in [6.45, 7) is 3.91. The number of nitrogens with zero attached hydrogens (tertiary/aromatic N) is 2. The van der Waals surface area contributed by atoms with Gasteiger partial charge in [0.15, 0.2) is 0 Å². The monoisotopic (exact) mass is 349 g/mol. The van der Waals surface area contributed by atoms with Gasteiger partial charge in [-0.15, -0.1) is 11.8 Å². The average Bonchev–Trinajstić information content (AvgIpc) is 3.15. The summed E-state index contributed by atoms with van der Waals surface area (Å²) in [7, 11) is 1.32. The van der Waals surface area contributed by atoms with Crippen molar-refractivity contribution in [1.29, 1.82) is 5.26 Å². The first-order chi connectivity index (χ1) is 11.5. The number of hydrogen-bond acceptors (Lipinski definition) is 5. The maximum Gasteiger partial charge on any atom is 0.315 e. The number of thioether (sulfide) groups is 1. The molecule has 0 radical (unpaired) electrons. The number of carbonyl (C=O) groups excluding carboxylic acids is 2. The first-order valence-electron chi connectivity index (χ1n) is 8.05. The van der Waals surface area contributed by atoms with Crippen LogP contribution < -0.4 is 5.32 Å². The number of aromatic nitrogens is 1. The summed E-state index contributed by atoms with van der Waals surface area (Å²) in [6, 6.07) is 2.56.